The van der Waals surface area contributed by atoms with Gasteiger partial charge < -0.3 is 9.47 Å². The summed E-state index contributed by atoms with van der Waals surface area (Å²) in [6, 6.07) is 15.2. The van der Waals surface area contributed by atoms with Crippen LogP contribution in [0, 0.1) is 4.77 Å². The molecule has 1 aromatic heterocycles. The summed E-state index contributed by atoms with van der Waals surface area (Å²) in [6.07, 6.45) is 1.67. The minimum Gasteiger partial charge on any atom is -0.496 e. The second-order valence-corrected chi connectivity index (χ2v) is 6.29. The molecule has 0 amide bonds. The SMILES string of the molecule is COc1ccc(Br)cc1/C=N/n1c(COc2ccccc2)n[nH]c1=S. The second-order valence-electron chi connectivity index (χ2n) is 4.99. The van der Waals surface area contributed by atoms with Crippen molar-refractivity contribution >= 4 is 34.4 Å². The number of nitrogens with zero attached hydrogens (tertiary/aromatic N) is 3. The van der Waals surface area contributed by atoms with E-state index < -0.39 is 0 Å². The lowest BCUT2D eigenvalue weighted by atomic mass is 10.2. The van der Waals surface area contributed by atoms with Crippen molar-refractivity contribution in [2.24, 2.45) is 5.10 Å². The molecule has 0 radical (unpaired) electrons. The summed E-state index contributed by atoms with van der Waals surface area (Å²) < 4.78 is 13.9. The molecule has 25 heavy (non-hydrogen) atoms. The quantitative estimate of drug-likeness (QED) is 0.481. The molecule has 0 fully saturated rings. The fourth-order valence-electron chi connectivity index (χ4n) is 2.13. The first-order valence-electron chi connectivity index (χ1n) is 7.39. The minimum absolute atomic E-state index is 0.240. The lowest BCUT2D eigenvalue weighted by molar-refractivity contribution is 0.290. The number of hydrogen-bond acceptors (Lipinski definition) is 5. The van der Waals surface area contributed by atoms with Gasteiger partial charge in [0.25, 0.3) is 0 Å². The van der Waals surface area contributed by atoms with Crippen molar-refractivity contribution in [2.75, 3.05) is 7.11 Å². The molecule has 1 N–H and O–H groups in total. The second kappa shape index (κ2) is 8.09. The molecular weight excluding hydrogens is 404 g/mol. The Kier molecular flexibility index (Phi) is 5.62. The number of H-pyrrole nitrogens is 1. The van der Waals surface area contributed by atoms with Crippen LogP contribution >= 0.6 is 28.1 Å². The Hall–Kier alpha value is -2.45. The number of ether oxygens (including phenoxy) is 2. The predicted molar refractivity (Wildman–Crippen MR) is 102 cm³/mol. The van der Waals surface area contributed by atoms with Gasteiger partial charge in [0.2, 0.25) is 4.77 Å². The maximum atomic E-state index is 5.71. The number of nitrogens with one attached hydrogen (secondary N) is 1. The molecule has 0 spiro atoms. The van der Waals surface area contributed by atoms with Crippen LogP contribution in [0.4, 0.5) is 0 Å². The number of rotatable bonds is 6. The Labute approximate surface area is 158 Å². The zero-order valence-corrected chi connectivity index (χ0v) is 15.8. The molecule has 0 bridgehead atoms. The van der Waals surface area contributed by atoms with Crippen LogP contribution in [-0.2, 0) is 6.61 Å². The van der Waals surface area contributed by atoms with Gasteiger partial charge in [0.05, 0.1) is 13.3 Å². The average molecular weight is 419 g/mol. The number of methoxy groups -OCH3 is 1. The maximum absolute atomic E-state index is 5.71. The van der Waals surface area contributed by atoms with Crippen molar-refractivity contribution in [1.29, 1.82) is 0 Å². The molecule has 2 aromatic carbocycles. The van der Waals surface area contributed by atoms with E-state index in [9.17, 15) is 0 Å². The van der Waals surface area contributed by atoms with Crippen LogP contribution in [0.5, 0.6) is 11.5 Å². The lowest BCUT2D eigenvalue weighted by Crippen LogP contribution is -2.04. The Bertz CT molecular complexity index is 937. The normalized spacial score (nSPS) is 11.0. The van der Waals surface area contributed by atoms with E-state index in [2.05, 4.69) is 31.2 Å². The third-order valence-electron chi connectivity index (χ3n) is 3.33. The van der Waals surface area contributed by atoms with Crippen LogP contribution in [0.15, 0.2) is 58.1 Å². The summed E-state index contributed by atoms with van der Waals surface area (Å²) in [7, 11) is 1.61. The first kappa shape index (κ1) is 17.4. The highest BCUT2D eigenvalue weighted by molar-refractivity contribution is 9.10. The number of hydrogen-bond donors (Lipinski definition) is 1. The summed E-state index contributed by atoms with van der Waals surface area (Å²) in [5.41, 5.74) is 0.815. The van der Waals surface area contributed by atoms with Crippen molar-refractivity contribution < 1.29 is 9.47 Å². The minimum atomic E-state index is 0.240. The fourth-order valence-corrected chi connectivity index (χ4v) is 2.70. The number of aromatic nitrogens is 3. The van der Waals surface area contributed by atoms with Gasteiger partial charge in [-0.25, -0.2) is 5.10 Å². The van der Waals surface area contributed by atoms with Gasteiger partial charge in [-0.1, -0.05) is 34.1 Å². The Morgan fingerprint density at radius 1 is 1.28 bits per heavy atom. The van der Waals surface area contributed by atoms with Crippen LogP contribution in [0.2, 0.25) is 0 Å². The van der Waals surface area contributed by atoms with Crippen LogP contribution < -0.4 is 9.47 Å². The molecule has 0 aliphatic heterocycles. The molecule has 8 heteroatoms. The van der Waals surface area contributed by atoms with Gasteiger partial charge in [-0.15, -0.1) is 0 Å². The summed E-state index contributed by atoms with van der Waals surface area (Å²) in [5.74, 6) is 2.03. The Balaban J connectivity index is 1.82. The molecule has 3 aromatic rings. The van der Waals surface area contributed by atoms with E-state index in [1.807, 2.05) is 48.5 Å². The Morgan fingerprint density at radius 2 is 2.08 bits per heavy atom. The molecule has 0 aliphatic rings. The van der Waals surface area contributed by atoms with Gasteiger partial charge in [0.1, 0.15) is 18.1 Å². The lowest BCUT2D eigenvalue weighted by Gasteiger charge is -2.06. The first-order chi connectivity index (χ1) is 12.2. The smallest absolute Gasteiger partial charge is 0.216 e. The third-order valence-corrected chi connectivity index (χ3v) is 4.09. The van der Waals surface area contributed by atoms with Gasteiger partial charge in [0, 0.05) is 10.0 Å². The first-order valence-corrected chi connectivity index (χ1v) is 8.59. The molecule has 6 nitrogen and oxygen atoms in total. The zero-order valence-electron chi connectivity index (χ0n) is 13.3. The van der Waals surface area contributed by atoms with Gasteiger partial charge >= 0.3 is 0 Å². The number of benzene rings is 2. The van der Waals surface area contributed by atoms with Crippen LogP contribution in [0.3, 0.4) is 0 Å². The van der Waals surface area contributed by atoms with Crippen LogP contribution in [0.1, 0.15) is 11.4 Å². The molecule has 0 atom stereocenters. The van der Waals surface area contributed by atoms with Crippen molar-refractivity contribution in [2.45, 2.75) is 6.61 Å². The third kappa shape index (κ3) is 4.34. The maximum Gasteiger partial charge on any atom is 0.216 e. The molecule has 0 aliphatic carbocycles. The average Bonchev–Trinajstić information content (AvgIpc) is 2.99. The van der Waals surface area contributed by atoms with Crippen molar-refractivity contribution in [3.8, 4) is 11.5 Å². The van der Waals surface area contributed by atoms with Crippen LogP contribution in [-0.4, -0.2) is 28.2 Å². The van der Waals surface area contributed by atoms with Crippen molar-refractivity contribution in [1.82, 2.24) is 14.9 Å². The molecule has 128 valence electrons. The molecule has 1 heterocycles. The molecule has 3 rings (SSSR count). The molecule has 0 saturated carbocycles. The summed E-state index contributed by atoms with van der Waals surface area (Å²) >= 11 is 8.68. The van der Waals surface area contributed by atoms with E-state index in [-0.39, 0.29) is 6.61 Å². The van der Waals surface area contributed by atoms with E-state index in [0.29, 0.717) is 16.3 Å². The van der Waals surface area contributed by atoms with Gasteiger partial charge in [-0.3, -0.25) is 0 Å². The number of aromatic amines is 1. The Morgan fingerprint density at radius 3 is 2.84 bits per heavy atom. The molecular formula is C17H15BrN4O2S. The van der Waals surface area contributed by atoms with E-state index >= 15 is 0 Å². The van der Waals surface area contributed by atoms with E-state index in [4.69, 9.17) is 21.7 Å². The highest BCUT2D eigenvalue weighted by Crippen LogP contribution is 2.21. The van der Waals surface area contributed by atoms with E-state index in [1.54, 1.807) is 13.3 Å². The van der Waals surface area contributed by atoms with Gasteiger partial charge in [-0.05, 0) is 42.5 Å². The van der Waals surface area contributed by atoms with Gasteiger partial charge in [0.15, 0.2) is 5.82 Å². The van der Waals surface area contributed by atoms with Gasteiger partial charge in [-0.2, -0.15) is 14.9 Å². The fraction of sp³-hybridized carbons (Fsp3) is 0.118. The highest BCUT2D eigenvalue weighted by Gasteiger charge is 2.07. The summed E-state index contributed by atoms with van der Waals surface area (Å²) in [4.78, 5) is 0. The molecule has 0 unspecified atom stereocenters. The highest BCUT2D eigenvalue weighted by atomic mass is 79.9. The zero-order chi connectivity index (χ0) is 17.6. The largest absolute Gasteiger partial charge is 0.496 e. The standard InChI is InChI=1S/C17H15BrN4O2S/c1-23-15-8-7-13(18)9-12(15)10-19-22-16(20-21-17(22)25)11-24-14-5-3-2-4-6-14/h2-10H,11H2,1H3,(H,21,25)/b19-10+. The number of para-hydroxylation sites is 1. The summed E-state index contributed by atoms with van der Waals surface area (Å²) in [6.45, 7) is 0.240. The topological polar surface area (TPSA) is 64.4 Å². The summed E-state index contributed by atoms with van der Waals surface area (Å²) in [5, 5.41) is 11.3. The van der Waals surface area contributed by atoms with E-state index in [1.165, 1.54) is 4.68 Å². The van der Waals surface area contributed by atoms with Crippen molar-refractivity contribution in [3.63, 3.8) is 0 Å². The number of halogens is 1. The monoisotopic (exact) mass is 418 g/mol. The van der Waals surface area contributed by atoms with Crippen LogP contribution in [0.25, 0.3) is 0 Å². The van der Waals surface area contributed by atoms with E-state index in [0.717, 1.165) is 15.8 Å². The molecule has 0 saturated heterocycles. The van der Waals surface area contributed by atoms with Crippen molar-refractivity contribution in [3.05, 3.63) is 69.2 Å². The predicted octanol–water partition coefficient (Wildman–Crippen LogP) is 4.17.